The average Bonchev–Trinajstić information content (AvgIpc) is 2.37. The molecule has 6 heteroatoms. The molecule has 1 aromatic rings. The summed E-state index contributed by atoms with van der Waals surface area (Å²) in [7, 11) is 3.52. The van der Waals surface area contributed by atoms with Gasteiger partial charge in [-0.05, 0) is 6.42 Å². The van der Waals surface area contributed by atoms with Gasteiger partial charge in [0, 0.05) is 33.0 Å². The molecule has 0 aromatic carbocycles. The molecule has 0 amide bonds. The van der Waals surface area contributed by atoms with Crippen LogP contribution in [0.25, 0.3) is 0 Å². The molecule has 18 heavy (non-hydrogen) atoms. The molecule has 0 aliphatic carbocycles. The van der Waals surface area contributed by atoms with Crippen LogP contribution in [0.3, 0.4) is 0 Å². The molecular weight excluding hydrogens is 254 g/mol. The summed E-state index contributed by atoms with van der Waals surface area (Å²) in [5.74, 6) is 1.19. The number of hydrogen-bond donors (Lipinski definition) is 0. The fourth-order valence-corrected chi connectivity index (χ4v) is 1.75. The van der Waals surface area contributed by atoms with Crippen molar-refractivity contribution in [2.24, 2.45) is 0 Å². The lowest BCUT2D eigenvalue weighted by Gasteiger charge is -2.20. The molecule has 1 unspecified atom stereocenters. The summed E-state index contributed by atoms with van der Waals surface area (Å²) in [4.78, 5) is 10.4. The van der Waals surface area contributed by atoms with Gasteiger partial charge in [0.25, 0.3) is 0 Å². The minimum atomic E-state index is -0.0937. The van der Waals surface area contributed by atoms with Crippen molar-refractivity contribution in [2.75, 3.05) is 38.8 Å². The normalized spacial score (nSPS) is 12.2. The molecule has 0 saturated heterocycles. The van der Waals surface area contributed by atoms with Gasteiger partial charge in [0.15, 0.2) is 0 Å². The Labute approximate surface area is 113 Å². The zero-order valence-electron chi connectivity index (χ0n) is 11.1. The summed E-state index contributed by atoms with van der Waals surface area (Å²) in [5, 5.41) is -0.0937. The van der Waals surface area contributed by atoms with Gasteiger partial charge in [-0.3, -0.25) is 0 Å². The average molecular weight is 274 g/mol. The van der Waals surface area contributed by atoms with E-state index in [0.717, 1.165) is 6.42 Å². The maximum atomic E-state index is 6.10. The third kappa shape index (κ3) is 5.06. The summed E-state index contributed by atoms with van der Waals surface area (Å²) < 4.78 is 10.5. The molecule has 0 aliphatic rings. The SMILES string of the molecule is CCCOc1ccnc(N(C)CC(Cl)COC)n1. The molecule has 102 valence electrons. The lowest BCUT2D eigenvalue weighted by Crippen LogP contribution is -2.29. The molecule has 0 N–H and O–H groups in total. The maximum absolute atomic E-state index is 6.10. The van der Waals surface area contributed by atoms with E-state index in [0.29, 0.717) is 31.6 Å². The lowest BCUT2D eigenvalue weighted by molar-refractivity contribution is 0.199. The van der Waals surface area contributed by atoms with Gasteiger partial charge in [-0.25, -0.2) is 4.98 Å². The van der Waals surface area contributed by atoms with Crippen LogP contribution in [0, 0.1) is 0 Å². The van der Waals surface area contributed by atoms with Crippen LogP contribution in [-0.4, -0.2) is 49.3 Å². The fraction of sp³-hybridized carbons (Fsp3) is 0.667. The first-order valence-electron chi connectivity index (χ1n) is 5.97. The Morgan fingerprint density at radius 2 is 2.28 bits per heavy atom. The van der Waals surface area contributed by atoms with E-state index in [1.807, 2.05) is 11.9 Å². The first-order chi connectivity index (χ1) is 8.67. The Hall–Kier alpha value is -1.07. The van der Waals surface area contributed by atoms with Crippen LogP contribution in [0.1, 0.15) is 13.3 Å². The number of rotatable bonds is 8. The molecule has 1 aromatic heterocycles. The van der Waals surface area contributed by atoms with E-state index in [4.69, 9.17) is 21.1 Å². The number of anilines is 1. The molecule has 1 rings (SSSR count). The predicted molar refractivity (Wildman–Crippen MR) is 72.6 cm³/mol. The van der Waals surface area contributed by atoms with E-state index in [-0.39, 0.29) is 5.38 Å². The van der Waals surface area contributed by atoms with E-state index in [1.165, 1.54) is 0 Å². The van der Waals surface area contributed by atoms with Crippen LogP contribution >= 0.6 is 11.6 Å². The van der Waals surface area contributed by atoms with Crippen molar-refractivity contribution in [2.45, 2.75) is 18.7 Å². The Balaban J connectivity index is 2.58. The van der Waals surface area contributed by atoms with E-state index < -0.39 is 0 Å². The van der Waals surface area contributed by atoms with Gasteiger partial charge in [-0.1, -0.05) is 6.92 Å². The highest BCUT2D eigenvalue weighted by molar-refractivity contribution is 6.21. The zero-order chi connectivity index (χ0) is 13.4. The van der Waals surface area contributed by atoms with Crippen molar-refractivity contribution in [1.82, 2.24) is 9.97 Å². The summed E-state index contributed by atoms with van der Waals surface area (Å²) >= 11 is 6.10. The second-order valence-electron chi connectivity index (χ2n) is 3.98. The van der Waals surface area contributed by atoms with Crippen LogP contribution in [0.2, 0.25) is 0 Å². The van der Waals surface area contributed by atoms with E-state index in [2.05, 4.69) is 16.9 Å². The van der Waals surface area contributed by atoms with Gasteiger partial charge in [0.2, 0.25) is 11.8 Å². The number of halogens is 1. The molecule has 1 heterocycles. The molecule has 5 nitrogen and oxygen atoms in total. The van der Waals surface area contributed by atoms with Gasteiger partial charge < -0.3 is 14.4 Å². The molecule has 1 atom stereocenters. The minimum absolute atomic E-state index is 0.0937. The quantitative estimate of drug-likeness (QED) is 0.678. The van der Waals surface area contributed by atoms with Crippen LogP contribution in [-0.2, 0) is 4.74 Å². The summed E-state index contributed by atoms with van der Waals surface area (Å²) in [5.41, 5.74) is 0. The first-order valence-corrected chi connectivity index (χ1v) is 6.41. The Morgan fingerprint density at radius 1 is 1.50 bits per heavy atom. The number of nitrogens with zero attached hydrogens (tertiary/aromatic N) is 3. The smallest absolute Gasteiger partial charge is 0.228 e. The number of methoxy groups -OCH3 is 1. The Morgan fingerprint density at radius 3 is 2.94 bits per heavy atom. The van der Waals surface area contributed by atoms with Crippen molar-refractivity contribution < 1.29 is 9.47 Å². The molecular formula is C12H20ClN3O2. The van der Waals surface area contributed by atoms with Gasteiger partial charge in [-0.15, -0.1) is 11.6 Å². The Kier molecular flexibility index (Phi) is 6.75. The third-order valence-electron chi connectivity index (χ3n) is 2.23. The summed E-state index contributed by atoms with van der Waals surface area (Å²) in [6.45, 7) is 3.82. The van der Waals surface area contributed by atoms with Crippen molar-refractivity contribution in [3.05, 3.63) is 12.3 Å². The van der Waals surface area contributed by atoms with E-state index >= 15 is 0 Å². The highest BCUT2D eigenvalue weighted by Crippen LogP contribution is 2.13. The lowest BCUT2D eigenvalue weighted by atomic mass is 10.4. The van der Waals surface area contributed by atoms with Gasteiger partial charge in [0.1, 0.15) is 0 Å². The van der Waals surface area contributed by atoms with Crippen molar-refractivity contribution in [3.63, 3.8) is 0 Å². The number of aromatic nitrogens is 2. The van der Waals surface area contributed by atoms with Crippen molar-refractivity contribution in [3.8, 4) is 5.88 Å². The van der Waals surface area contributed by atoms with Gasteiger partial charge in [-0.2, -0.15) is 4.98 Å². The van der Waals surface area contributed by atoms with Crippen LogP contribution in [0.5, 0.6) is 5.88 Å². The number of ether oxygens (including phenoxy) is 2. The molecule has 0 bridgehead atoms. The standard InChI is InChI=1S/C12H20ClN3O2/c1-4-7-18-11-5-6-14-12(15-11)16(2)8-10(13)9-17-3/h5-6,10H,4,7-9H2,1-3H3. The largest absolute Gasteiger partial charge is 0.478 e. The summed E-state index contributed by atoms with van der Waals surface area (Å²) in [6.07, 6.45) is 2.64. The highest BCUT2D eigenvalue weighted by Gasteiger charge is 2.11. The molecule has 0 spiro atoms. The number of hydrogen-bond acceptors (Lipinski definition) is 5. The maximum Gasteiger partial charge on any atom is 0.228 e. The fourth-order valence-electron chi connectivity index (χ4n) is 1.42. The predicted octanol–water partition coefficient (Wildman–Crippen LogP) is 1.96. The zero-order valence-corrected chi connectivity index (χ0v) is 11.9. The Bertz CT molecular complexity index is 352. The van der Waals surface area contributed by atoms with Crippen molar-refractivity contribution in [1.29, 1.82) is 0 Å². The van der Waals surface area contributed by atoms with Crippen LogP contribution < -0.4 is 9.64 Å². The number of alkyl halides is 1. The topological polar surface area (TPSA) is 47.5 Å². The van der Waals surface area contributed by atoms with Gasteiger partial charge >= 0.3 is 0 Å². The molecule has 0 radical (unpaired) electrons. The molecule has 0 saturated carbocycles. The highest BCUT2D eigenvalue weighted by atomic mass is 35.5. The van der Waals surface area contributed by atoms with Gasteiger partial charge in [0.05, 0.1) is 18.6 Å². The third-order valence-corrected chi connectivity index (χ3v) is 2.50. The second-order valence-corrected chi connectivity index (χ2v) is 4.59. The van der Waals surface area contributed by atoms with E-state index in [1.54, 1.807) is 19.4 Å². The molecule has 0 aliphatic heterocycles. The van der Waals surface area contributed by atoms with Crippen LogP contribution in [0.4, 0.5) is 5.95 Å². The van der Waals surface area contributed by atoms with E-state index in [9.17, 15) is 0 Å². The van der Waals surface area contributed by atoms with Crippen LogP contribution in [0.15, 0.2) is 12.3 Å². The minimum Gasteiger partial charge on any atom is -0.478 e. The monoisotopic (exact) mass is 273 g/mol. The second kappa shape index (κ2) is 8.11. The van der Waals surface area contributed by atoms with Crippen molar-refractivity contribution >= 4 is 17.5 Å². The summed E-state index contributed by atoms with van der Waals surface area (Å²) in [6, 6.07) is 1.75. The molecule has 0 fully saturated rings. The first kappa shape index (κ1) is 15.0.